The second-order valence-electron chi connectivity index (χ2n) is 5.64. The molecule has 2 atom stereocenters. The zero-order valence-corrected chi connectivity index (χ0v) is 12.3. The van der Waals surface area contributed by atoms with Gasteiger partial charge in [-0.2, -0.15) is 0 Å². The fraction of sp³-hybridized carbons (Fsp3) is 0.500. The standard InChI is InChI=1S/C14H19BrN2O/c1-14(2)7-6-11(14)17-12(13(16)18)9-4-3-5-10(15)8-9/h3-5,8,11-12,17H,6-7H2,1-2H3,(H2,16,18)/t11-,12+/m0/s1. The molecule has 2 rings (SSSR count). The summed E-state index contributed by atoms with van der Waals surface area (Å²) < 4.78 is 0.959. The van der Waals surface area contributed by atoms with E-state index in [4.69, 9.17) is 5.73 Å². The first-order valence-corrected chi connectivity index (χ1v) is 7.00. The van der Waals surface area contributed by atoms with Crippen molar-refractivity contribution in [2.45, 2.75) is 38.8 Å². The van der Waals surface area contributed by atoms with Crippen molar-refractivity contribution < 1.29 is 4.79 Å². The Morgan fingerprint density at radius 2 is 2.28 bits per heavy atom. The molecule has 0 aromatic heterocycles. The van der Waals surface area contributed by atoms with Gasteiger partial charge in [-0.15, -0.1) is 0 Å². The van der Waals surface area contributed by atoms with Crippen molar-refractivity contribution >= 4 is 21.8 Å². The van der Waals surface area contributed by atoms with Crippen LogP contribution in [0.4, 0.5) is 0 Å². The van der Waals surface area contributed by atoms with E-state index in [0.29, 0.717) is 6.04 Å². The maximum atomic E-state index is 11.6. The molecule has 1 aliphatic carbocycles. The summed E-state index contributed by atoms with van der Waals surface area (Å²) in [7, 11) is 0. The van der Waals surface area contributed by atoms with Crippen LogP contribution < -0.4 is 11.1 Å². The van der Waals surface area contributed by atoms with E-state index in [1.165, 1.54) is 6.42 Å². The highest BCUT2D eigenvalue weighted by Gasteiger charge is 2.40. The maximum absolute atomic E-state index is 11.6. The zero-order chi connectivity index (χ0) is 13.3. The van der Waals surface area contributed by atoms with E-state index in [0.717, 1.165) is 16.5 Å². The number of nitrogens with two attached hydrogens (primary N) is 1. The first kappa shape index (κ1) is 13.6. The van der Waals surface area contributed by atoms with E-state index in [1.54, 1.807) is 0 Å². The molecular weight excluding hydrogens is 292 g/mol. The molecular formula is C14H19BrN2O. The molecule has 1 aromatic carbocycles. The van der Waals surface area contributed by atoms with Crippen molar-refractivity contribution in [3.05, 3.63) is 34.3 Å². The van der Waals surface area contributed by atoms with Crippen LogP contribution in [0.1, 0.15) is 38.3 Å². The van der Waals surface area contributed by atoms with Crippen molar-refractivity contribution in [1.82, 2.24) is 5.32 Å². The van der Waals surface area contributed by atoms with Crippen LogP contribution in [0.3, 0.4) is 0 Å². The van der Waals surface area contributed by atoms with Gasteiger partial charge in [0.1, 0.15) is 6.04 Å². The Hall–Kier alpha value is -0.870. The maximum Gasteiger partial charge on any atom is 0.239 e. The SMILES string of the molecule is CC1(C)CC[C@@H]1N[C@@H](C(N)=O)c1cccc(Br)c1. The number of hydrogen-bond acceptors (Lipinski definition) is 2. The molecule has 18 heavy (non-hydrogen) atoms. The van der Waals surface area contributed by atoms with E-state index in [2.05, 4.69) is 35.1 Å². The zero-order valence-electron chi connectivity index (χ0n) is 10.7. The lowest BCUT2D eigenvalue weighted by atomic mass is 9.67. The van der Waals surface area contributed by atoms with Gasteiger partial charge in [0.15, 0.2) is 0 Å². The molecule has 3 nitrogen and oxygen atoms in total. The van der Waals surface area contributed by atoms with Gasteiger partial charge in [0.05, 0.1) is 0 Å². The van der Waals surface area contributed by atoms with Crippen LogP contribution in [0.5, 0.6) is 0 Å². The highest BCUT2D eigenvalue weighted by molar-refractivity contribution is 9.10. The third-order valence-electron chi connectivity index (χ3n) is 3.86. The minimum absolute atomic E-state index is 0.250. The van der Waals surface area contributed by atoms with Crippen LogP contribution in [-0.4, -0.2) is 11.9 Å². The largest absolute Gasteiger partial charge is 0.368 e. The van der Waals surface area contributed by atoms with Gasteiger partial charge in [0.2, 0.25) is 5.91 Å². The van der Waals surface area contributed by atoms with Gasteiger partial charge in [0.25, 0.3) is 0 Å². The topological polar surface area (TPSA) is 55.1 Å². The molecule has 0 radical (unpaired) electrons. The van der Waals surface area contributed by atoms with Gasteiger partial charge in [-0.05, 0) is 36.0 Å². The normalized spacial score (nSPS) is 23.2. The Kier molecular flexibility index (Phi) is 3.78. The predicted molar refractivity (Wildman–Crippen MR) is 76.0 cm³/mol. The van der Waals surface area contributed by atoms with Gasteiger partial charge in [-0.1, -0.05) is 41.9 Å². The van der Waals surface area contributed by atoms with E-state index >= 15 is 0 Å². The van der Waals surface area contributed by atoms with Crippen LogP contribution >= 0.6 is 15.9 Å². The average Bonchev–Trinajstić information content (AvgIpc) is 2.27. The minimum atomic E-state index is -0.410. The second-order valence-corrected chi connectivity index (χ2v) is 6.55. The molecule has 0 bridgehead atoms. The first-order chi connectivity index (χ1) is 8.40. The number of primary amides is 1. The quantitative estimate of drug-likeness (QED) is 0.898. The van der Waals surface area contributed by atoms with E-state index in [1.807, 2.05) is 24.3 Å². The lowest BCUT2D eigenvalue weighted by molar-refractivity contribution is -0.121. The van der Waals surface area contributed by atoms with Gasteiger partial charge in [0, 0.05) is 10.5 Å². The van der Waals surface area contributed by atoms with E-state index < -0.39 is 6.04 Å². The Bertz CT molecular complexity index is 459. The number of carbonyl (C=O) groups excluding carboxylic acids is 1. The summed E-state index contributed by atoms with van der Waals surface area (Å²) in [6.07, 6.45) is 2.29. The average molecular weight is 311 g/mol. The molecule has 0 aliphatic heterocycles. The summed E-state index contributed by atoms with van der Waals surface area (Å²) in [5.41, 5.74) is 6.68. The molecule has 1 aliphatic rings. The minimum Gasteiger partial charge on any atom is -0.368 e. The van der Waals surface area contributed by atoms with E-state index in [9.17, 15) is 4.79 Å². The molecule has 1 amide bonds. The Labute approximate surface area is 116 Å². The molecule has 0 unspecified atom stereocenters. The number of benzene rings is 1. The first-order valence-electron chi connectivity index (χ1n) is 6.21. The number of amides is 1. The predicted octanol–water partition coefficient (Wildman–Crippen LogP) is 2.75. The molecule has 1 aromatic rings. The van der Waals surface area contributed by atoms with Crippen LogP contribution in [0.25, 0.3) is 0 Å². The highest BCUT2D eigenvalue weighted by atomic mass is 79.9. The van der Waals surface area contributed by atoms with Crippen LogP contribution in [0, 0.1) is 5.41 Å². The summed E-state index contributed by atoms with van der Waals surface area (Å²) in [6.45, 7) is 4.43. The Morgan fingerprint density at radius 1 is 1.56 bits per heavy atom. The summed E-state index contributed by atoms with van der Waals surface area (Å²) in [6, 6.07) is 7.67. The van der Waals surface area contributed by atoms with Crippen LogP contribution in [0.15, 0.2) is 28.7 Å². The smallest absolute Gasteiger partial charge is 0.239 e. The van der Waals surface area contributed by atoms with Gasteiger partial charge < -0.3 is 5.73 Å². The highest BCUT2D eigenvalue weighted by Crippen LogP contribution is 2.41. The second kappa shape index (κ2) is 5.02. The molecule has 0 heterocycles. The summed E-state index contributed by atoms with van der Waals surface area (Å²) in [4.78, 5) is 11.6. The number of carbonyl (C=O) groups is 1. The fourth-order valence-corrected chi connectivity index (χ4v) is 2.82. The summed E-state index contributed by atoms with van der Waals surface area (Å²) in [5.74, 6) is -0.323. The monoisotopic (exact) mass is 310 g/mol. The molecule has 1 fully saturated rings. The number of nitrogens with one attached hydrogen (secondary N) is 1. The van der Waals surface area contributed by atoms with Gasteiger partial charge in [-0.3, -0.25) is 10.1 Å². The van der Waals surface area contributed by atoms with Crippen molar-refractivity contribution in [1.29, 1.82) is 0 Å². The number of hydrogen-bond donors (Lipinski definition) is 2. The third-order valence-corrected chi connectivity index (χ3v) is 4.35. The lowest BCUT2D eigenvalue weighted by Crippen LogP contribution is -2.53. The number of rotatable bonds is 4. The molecule has 0 saturated heterocycles. The van der Waals surface area contributed by atoms with Gasteiger partial charge in [-0.25, -0.2) is 0 Å². The third kappa shape index (κ3) is 2.75. The fourth-order valence-electron chi connectivity index (χ4n) is 2.40. The van der Waals surface area contributed by atoms with Crippen molar-refractivity contribution in [2.75, 3.05) is 0 Å². The molecule has 3 N–H and O–H groups in total. The van der Waals surface area contributed by atoms with Crippen molar-refractivity contribution in [3.63, 3.8) is 0 Å². The molecule has 4 heteroatoms. The Morgan fingerprint density at radius 3 is 2.72 bits per heavy atom. The summed E-state index contributed by atoms with van der Waals surface area (Å²) >= 11 is 3.42. The number of halogens is 1. The molecule has 0 spiro atoms. The Balaban J connectivity index is 2.17. The van der Waals surface area contributed by atoms with Crippen molar-refractivity contribution in [2.24, 2.45) is 11.1 Å². The van der Waals surface area contributed by atoms with Gasteiger partial charge >= 0.3 is 0 Å². The molecule has 1 saturated carbocycles. The van der Waals surface area contributed by atoms with Crippen molar-refractivity contribution in [3.8, 4) is 0 Å². The lowest BCUT2D eigenvalue weighted by Gasteiger charge is -2.46. The summed E-state index contributed by atoms with van der Waals surface area (Å²) in [5, 5.41) is 3.39. The van der Waals surface area contributed by atoms with E-state index in [-0.39, 0.29) is 11.3 Å². The van der Waals surface area contributed by atoms with Crippen LogP contribution in [0.2, 0.25) is 0 Å². The van der Waals surface area contributed by atoms with Crippen LogP contribution in [-0.2, 0) is 4.79 Å². The molecule has 98 valence electrons.